The van der Waals surface area contributed by atoms with E-state index in [9.17, 15) is 0 Å². The highest BCUT2D eigenvalue weighted by molar-refractivity contribution is 9.10. The highest BCUT2D eigenvalue weighted by atomic mass is 79.9. The molecule has 0 fully saturated rings. The Morgan fingerprint density at radius 1 is 1.35 bits per heavy atom. The third kappa shape index (κ3) is 3.36. The van der Waals surface area contributed by atoms with Gasteiger partial charge in [0, 0.05) is 30.8 Å². The van der Waals surface area contributed by atoms with Gasteiger partial charge in [0.25, 0.3) is 0 Å². The van der Waals surface area contributed by atoms with E-state index in [-0.39, 0.29) is 5.41 Å². The summed E-state index contributed by atoms with van der Waals surface area (Å²) in [5, 5.41) is 8.69. The maximum absolute atomic E-state index is 6.10. The first-order valence-corrected chi connectivity index (χ1v) is 7.67. The van der Waals surface area contributed by atoms with Gasteiger partial charge in [0.15, 0.2) is 0 Å². The molecule has 108 valence electrons. The van der Waals surface area contributed by atoms with Crippen molar-refractivity contribution in [3.05, 3.63) is 45.1 Å². The summed E-state index contributed by atoms with van der Waals surface area (Å²) in [6.45, 7) is 7.25. The minimum Gasteiger partial charge on any atom is -0.380 e. The molecule has 1 aromatic carbocycles. The zero-order chi connectivity index (χ0) is 14.9. The van der Waals surface area contributed by atoms with Crippen LogP contribution in [0.15, 0.2) is 28.9 Å². The molecule has 2 rings (SSSR count). The largest absolute Gasteiger partial charge is 0.380 e. The van der Waals surface area contributed by atoms with E-state index >= 15 is 0 Å². The number of rotatable bonds is 3. The zero-order valence-corrected chi connectivity index (χ0v) is 14.5. The van der Waals surface area contributed by atoms with E-state index in [1.807, 2.05) is 29.9 Å². The van der Waals surface area contributed by atoms with Gasteiger partial charge in [-0.3, -0.25) is 4.68 Å². The number of aromatic nitrogens is 2. The third-order valence-corrected chi connectivity index (χ3v) is 4.43. The summed E-state index contributed by atoms with van der Waals surface area (Å²) in [5.41, 5.74) is 3.34. The van der Waals surface area contributed by atoms with Crippen LogP contribution in [0.25, 0.3) is 0 Å². The van der Waals surface area contributed by atoms with Crippen LogP contribution in [0.5, 0.6) is 0 Å². The normalized spacial score (nSPS) is 11.7. The van der Waals surface area contributed by atoms with Crippen molar-refractivity contribution in [2.75, 3.05) is 5.32 Å². The molecule has 1 aromatic heterocycles. The molecular formula is C15H19BrClN3. The second kappa shape index (κ2) is 5.78. The highest BCUT2D eigenvalue weighted by Gasteiger charge is 2.21. The van der Waals surface area contributed by atoms with Crippen LogP contribution >= 0.6 is 27.5 Å². The first-order valence-electron chi connectivity index (χ1n) is 6.50. The summed E-state index contributed by atoms with van der Waals surface area (Å²) < 4.78 is 2.76. The molecule has 5 heteroatoms. The molecule has 0 saturated heterocycles. The molecule has 0 atom stereocenters. The van der Waals surface area contributed by atoms with E-state index in [1.54, 1.807) is 0 Å². The van der Waals surface area contributed by atoms with Gasteiger partial charge >= 0.3 is 0 Å². The van der Waals surface area contributed by atoms with Crippen molar-refractivity contribution in [3.8, 4) is 0 Å². The van der Waals surface area contributed by atoms with E-state index in [2.05, 4.69) is 53.3 Å². The predicted octanol–water partition coefficient (Wildman–Crippen LogP) is 4.75. The lowest BCUT2D eigenvalue weighted by Crippen LogP contribution is -2.16. The van der Waals surface area contributed by atoms with Crippen molar-refractivity contribution in [3.63, 3.8) is 0 Å². The van der Waals surface area contributed by atoms with Crippen molar-refractivity contribution in [2.24, 2.45) is 7.05 Å². The number of hydrogen-bond acceptors (Lipinski definition) is 2. The molecule has 0 unspecified atom stereocenters. The van der Waals surface area contributed by atoms with E-state index in [0.29, 0.717) is 5.02 Å². The molecule has 20 heavy (non-hydrogen) atoms. The summed E-state index contributed by atoms with van der Waals surface area (Å²) >= 11 is 9.60. The number of halogens is 2. The Balaban J connectivity index is 2.21. The first kappa shape index (κ1) is 15.4. The Hall–Kier alpha value is -1.00. The van der Waals surface area contributed by atoms with Crippen molar-refractivity contribution in [2.45, 2.75) is 32.7 Å². The summed E-state index contributed by atoms with van der Waals surface area (Å²) in [6.07, 6.45) is 2.06. The molecule has 0 aliphatic heterocycles. The molecule has 0 radical (unpaired) electrons. The summed E-state index contributed by atoms with van der Waals surface area (Å²) in [4.78, 5) is 0. The van der Waals surface area contributed by atoms with Crippen LogP contribution in [-0.4, -0.2) is 9.78 Å². The maximum Gasteiger partial charge on any atom is 0.0727 e. The lowest BCUT2D eigenvalue weighted by atomic mass is 9.89. The Labute approximate surface area is 133 Å². The Kier molecular flexibility index (Phi) is 4.45. The SMILES string of the molecule is Cn1cc(CNc2cccc(Cl)c2Br)c(C(C)(C)C)n1. The van der Waals surface area contributed by atoms with Crippen LogP contribution in [0.2, 0.25) is 5.02 Å². The molecule has 1 heterocycles. The van der Waals surface area contributed by atoms with Gasteiger partial charge in [0.05, 0.1) is 20.9 Å². The second-order valence-electron chi connectivity index (χ2n) is 5.88. The highest BCUT2D eigenvalue weighted by Crippen LogP contribution is 2.31. The minimum atomic E-state index is 0.0316. The lowest BCUT2D eigenvalue weighted by molar-refractivity contribution is 0.549. The molecular weight excluding hydrogens is 338 g/mol. The van der Waals surface area contributed by atoms with Crippen molar-refractivity contribution in [1.29, 1.82) is 0 Å². The van der Waals surface area contributed by atoms with Gasteiger partial charge in [-0.05, 0) is 28.1 Å². The van der Waals surface area contributed by atoms with Gasteiger partial charge in [0.1, 0.15) is 0 Å². The Morgan fingerprint density at radius 2 is 2.05 bits per heavy atom. The van der Waals surface area contributed by atoms with Crippen LogP contribution in [0.4, 0.5) is 5.69 Å². The topological polar surface area (TPSA) is 29.9 Å². The molecule has 2 aromatic rings. The van der Waals surface area contributed by atoms with Gasteiger partial charge in [0.2, 0.25) is 0 Å². The minimum absolute atomic E-state index is 0.0316. The van der Waals surface area contributed by atoms with E-state index < -0.39 is 0 Å². The molecule has 0 saturated carbocycles. The van der Waals surface area contributed by atoms with Crippen molar-refractivity contribution >= 4 is 33.2 Å². The molecule has 0 spiro atoms. The van der Waals surface area contributed by atoms with E-state index in [1.165, 1.54) is 5.56 Å². The Morgan fingerprint density at radius 3 is 2.70 bits per heavy atom. The molecule has 0 aliphatic rings. The number of anilines is 1. The fourth-order valence-corrected chi connectivity index (χ4v) is 2.71. The average molecular weight is 357 g/mol. The summed E-state index contributed by atoms with van der Waals surface area (Å²) in [6, 6.07) is 5.80. The van der Waals surface area contributed by atoms with E-state index in [0.717, 1.165) is 22.4 Å². The molecule has 3 nitrogen and oxygen atoms in total. The van der Waals surface area contributed by atoms with Gasteiger partial charge < -0.3 is 5.32 Å². The number of nitrogens with zero attached hydrogens (tertiary/aromatic N) is 2. The molecule has 0 bridgehead atoms. The predicted molar refractivity (Wildman–Crippen MR) is 88.4 cm³/mol. The van der Waals surface area contributed by atoms with Crippen LogP contribution in [0.1, 0.15) is 32.0 Å². The summed E-state index contributed by atoms with van der Waals surface area (Å²) in [5.74, 6) is 0. The monoisotopic (exact) mass is 355 g/mol. The Bertz CT molecular complexity index is 614. The smallest absolute Gasteiger partial charge is 0.0727 e. The maximum atomic E-state index is 6.10. The molecule has 1 N–H and O–H groups in total. The standard InChI is InChI=1S/C15H19BrClN3/c1-15(2,3)14-10(9-20(4)19-14)8-18-12-7-5-6-11(17)13(12)16/h5-7,9,18H,8H2,1-4H3. The third-order valence-electron chi connectivity index (χ3n) is 3.04. The average Bonchev–Trinajstić information content (AvgIpc) is 2.72. The fraction of sp³-hybridized carbons (Fsp3) is 0.400. The lowest BCUT2D eigenvalue weighted by Gasteiger charge is -2.18. The second-order valence-corrected chi connectivity index (χ2v) is 7.08. The van der Waals surface area contributed by atoms with Crippen molar-refractivity contribution in [1.82, 2.24) is 9.78 Å². The van der Waals surface area contributed by atoms with Crippen molar-refractivity contribution < 1.29 is 0 Å². The fourth-order valence-electron chi connectivity index (χ4n) is 2.13. The number of hydrogen-bond donors (Lipinski definition) is 1. The number of benzene rings is 1. The van der Waals surface area contributed by atoms with E-state index in [4.69, 9.17) is 11.6 Å². The quantitative estimate of drug-likeness (QED) is 0.860. The van der Waals surface area contributed by atoms with Crippen LogP contribution in [0, 0.1) is 0 Å². The zero-order valence-electron chi connectivity index (χ0n) is 12.2. The van der Waals surface area contributed by atoms with Gasteiger partial charge in [-0.15, -0.1) is 0 Å². The van der Waals surface area contributed by atoms with Gasteiger partial charge in [-0.1, -0.05) is 38.4 Å². The van der Waals surface area contributed by atoms with Gasteiger partial charge in [-0.25, -0.2) is 0 Å². The number of nitrogens with one attached hydrogen (secondary N) is 1. The van der Waals surface area contributed by atoms with Crippen LogP contribution < -0.4 is 5.32 Å². The number of aryl methyl sites for hydroxylation is 1. The molecule has 0 amide bonds. The van der Waals surface area contributed by atoms with Crippen LogP contribution in [0.3, 0.4) is 0 Å². The van der Waals surface area contributed by atoms with Gasteiger partial charge in [-0.2, -0.15) is 5.10 Å². The molecule has 0 aliphatic carbocycles. The summed E-state index contributed by atoms with van der Waals surface area (Å²) in [7, 11) is 1.95. The van der Waals surface area contributed by atoms with Crippen LogP contribution in [-0.2, 0) is 19.0 Å². The first-order chi connectivity index (χ1) is 9.29.